The minimum Gasteiger partial charge on any atom is -0.457 e. The number of hydrogen-bond acceptors (Lipinski definition) is 4. The third-order valence-electron chi connectivity index (χ3n) is 3.74. The molecule has 0 saturated heterocycles. The molecule has 0 bridgehead atoms. The van der Waals surface area contributed by atoms with Crippen LogP contribution in [0.25, 0.3) is 0 Å². The average molecular weight is 361 g/mol. The summed E-state index contributed by atoms with van der Waals surface area (Å²) in [4.78, 5) is 27.9. The number of carbonyl (C=O) groups excluding carboxylic acids is 2. The normalized spacial score (nSPS) is 10.1. The van der Waals surface area contributed by atoms with Crippen LogP contribution in [0.1, 0.15) is 15.9 Å². The molecule has 2 aromatic carbocycles. The van der Waals surface area contributed by atoms with Crippen LogP contribution < -0.4 is 15.4 Å². The second kappa shape index (κ2) is 9.15. The fourth-order valence-corrected chi connectivity index (χ4v) is 2.33. The van der Waals surface area contributed by atoms with Gasteiger partial charge < -0.3 is 15.4 Å². The molecule has 0 aliphatic carbocycles. The molecule has 0 spiro atoms. The van der Waals surface area contributed by atoms with Gasteiger partial charge in [0.1, 0.15) is 11.5 Å². The summed E-state index contributed by atoms with van der Waals surface area (Å²) in [6.07, 6.45) is 3.32. The van der Waals surface area contributed by atoms with Gasteiger partial charge in [-0.3, -0.25) is 14.6 Å². The number of ether oxygens (including phenoxy) is 1. The van der Waals surface area contributed by atoms with Crippen LogP contribution in [0.15, 0.2) is 79.1 Å². The molecule has 2 N–H and O–H groups in total. The number of nitrogens with zero attached hydrogens (tertiary/aromatic N) is 1. The SMILES string of the molecule is O=C(CNC(=O)c1ccc(Oc2ccccc2)cc1)NCc1ccncc1. The minimum atomic E-state index is -0.319. The van der Waals surface area contributed by atoms with Crippen molar-refractivity contribution in [2.45, 2.75) is 6.54 Å². The lowest BCUT2D eigenvalue weighted by molar-refractivity contribution is -0.120. The van der Waals surface area contributed by atoms with E-state index in [4.69, 9.17) is 4.74 Å². The molecule has 6 nitrogen and oxygen atoms in total. The fraction of sp³-hybridized carbons (Fsp3) is 0.0952. The van der Waals surface area contributed by atoms with E-state index >= 15 is 0 Å². The monoisotopic (exact) mass is 361 g/mol. The number of carbonyl (C=O) groups is 2. The highest BCUT2D eigenvalue weighted by Crippen LogP contribution is 2.21. The number of pyridine rings is 1. The molecule has 0 fully saturated rings. The molecular weight excluding hydrogens is 342 g/mol. The fourth-order valence-electron chi connectivity index (χ4n) is 2.33. The van der Waals surface area contributed by atoms with E-state index in [9.17, 15) is 9.59 Å². The first kappa shape index (κ1) is 18.1. The number of benzene rings is 2. The van der Waals surface area contributed by atoms with Crippen molar-refractivity contribution in [2.75, 3.05) is 6.54 Å². The molecule has 27 heavy (non-hydrogen) atoms. The van der Waals surface area contributed by atoms with Crippen molar-refractivity contribution in [3.63, 3.8) is 0 Å². The van der Waals surface area contributed by atoms with Crippen molar-refractivity contribution in [3.05, 3.63) is 90.3 Å². The van der Waals surface area contributed by atoms with Gasteiger partial charge in [0.25, 0.3) is 5.91 Å². The molecule has 1 heterocycles. The molecule has 3 aromatic rings. The lowest BCUT2D eigenvalue weighted by atomic mass is 10.2. The Kier molecular flexibility index (Phi) is 6.14. The van der Waals surface area contributed by atoms with Gasteiger partial charge in [-0.05, 0) is 54.1 Å². The van der Waals surface area contributed by atoms with Crippen LogP contribution in [0.4, 0.5) is 0 Å². The Hall–Kier alpha value is -3.67. The van der Waals surface area contributed by atoms with Crippen LogP contribution in [0, 0.1) is 0 Å². The predicted molar refractivity (Wildman–Crippen MR) is 101 cm³/mol. The van der Waals surface area contributed by atoms with E-state index in [1.807, 2.05) is 42.5 Å². The van der Waals surface area contributed by atoms with E-state index in [1.165, 1.54) is 0 Å². The van der Waals surface area contributed by atoms with E-state index in [-0.39, 0.29) is 18.4 Å². The van der Waals surface area contributed by atoms with Gasteiger partial charge in [-0.2, -0.15) is 0 Å². The van der Waals surface area contributed by atoms with Crippen LogP contribution in [0.5, 0.6) is 11.5 Å². The molecule has 0 unspecified atom stereocenters. The lowest BCUT2D eigenvalue weighted by Gasteiger charge is -2.08. The smallest absolute Gasteiger partial charge is 0.251 e. The van der Waals surface area contributed by atoms with Gasteiger partial charge in [0.2, 0.25) is 5.91 Å². The third kappa shape index (κ3) is 5.67. The van der Waals surface area contributed by atoms with Gasteiger partial charge in [-0.25, -0.2) is 0 Å². The standard InChI is InChI=1S/C21H19N3O3/c25-20(23-14-16-10-12-22-13-11-16)15-24-21(26)17-6-8-19(9-7-17)27-18-4-2-1-3-5-18/h1-13H,14-15H2,(H,23,25)(H,24,26). The molecular formula is C21H19N3O3. The molecule has 0 saturated carbocycles. The zero-order valence-corrected chi connectivity index (χ0v) is 14.6. The van der Waals surface area contributed by atoms with Crippen molar-refractivity contribution in [1.82, 2.24) is 15.6 Å². The van der Waals surface area contributed by atoms with Crippen LogP contribution in [-0.4, -0.2) is 23.3 Å². The van der Waals surface area contributed by atoms with Crippen LogP contribution in [-0.2, 0) is 11.3 Å². The molecule has 0 atom stereocenters. The van der Waals surface area contributed by atoms with E-state index in [2.05, 4.69) is 15.6 Å². The zero-order chi connectivity index (χ0) is 18.9. The second-order valence-electron chi connectivity index (χ2n) is 5.75. The van der Waals surface area contributed by atoms with Gasteiger partial charge in [-0.15, -0.1) is 0 Å². The Morgan fingerprint density at radius 1 is 0.815 bits per heavy atom. The highest BCUT2D eigenvalue weighted by Gasteiger charge is 2.08. The molecule has 0 aliphatic heterocycles. The molecule has 6 heteroatoms. The zero-order valence-electron chi connectivity index (χ0n) is 14.6. The second-order valence-corrected chi connectivity index (χ2v) is 5.75. The van der Waals surface area contributed by atoms with Crippen LogP contribution in [0.3, 0.4) is 0 Å². The average Bonchev–Trinajstić information content (AvgIpc) is 2.72. The van der Waals surface area contributed by atoms with Crippen LogP contribution >= 0.6 is 0 Å². The Morgan fingerprint density at radius 3 is 2.19 bits per heavy atom. The highest BCUT2D eigenvalue weighted by atomic mass is 16.5. The van der Waals surface area contributed by atoms with E-state index < -0.39 is 0 Å². The number of aromatic nitrogens is 1. The summed E-state index contributed by atoms with van der Waals surface area (Å²) in [6.45, 7) is 0.301. The largest absolute Gasteiger partial charge is 0.457 e. The lowest BCUT2D eigenvalue weighted by Crippen LogP contribution is -2.36. The summed E-state index contributed by atoms with van der Waals surface area (Å²) >= 11 is 0. The van der Waals surface area contributed by atoms with Gasteiger partial charge in [0, 0.05) is 24.5 Å². The summed E-state index contributed by atoms with van der Waals surface area (Å²) < 4.78 is 5.68. The number of rotatable bonds is 7. The predicted octanol–water partition coefficient (Wildman–Crippen LogP) is 2.92. The highest BCUT2D eigenvalue weighted by molar-refractivity contribution is 5.96. The number of amides is 2. The molecule has 2 amide bonds. The maximum atomic E-state index is 12.2. The summed E-state index contributed by atoms with van der Waals surface area (Å²) in [5.74, 6) is 0.776. The number of hydrogen-bond donors (Lipinski definition) is 2. The van der Waals surface area contributed by atoms with Crippen molar-refractivity contribution < 1.29 is 14.3 Å². The van der Waals surface area contributed by atoms with Crippen molar-refractivity contribution in [1.29, 1.82) is 0 Å². The Balaban J connectivity index is 1.45. The molecule has 1 aromatic heterocycles. The first-order valence-electron chi connectivity index (χ1n) is 8.47. The summed E-state index contributed by atoms with van der Waals surface area (Å²) in [5.41, 5.74) is 1.40. The Labute approximate surface area is 157 Å². The maximum Gasteiger partial charge on any atom is 0.251 e. The third-order valence-corrected chi connectivity index (χ3v) is 3.74. The summed E-state index contributed by atoms with van der Waals surface area (Å²) in [7, 11) is 0. The van der Waals surface area contributed by atoms with Gasteiger partial charge >= 0.3 is 0 Å². The Bertz CT molecular complexity index is 882. The quantitative estimate of drug-likeness (QED) is 0.678. The van der Waals surface area contributed by atoms with Crippen molar-refractivity contribution in [3.8, 4) is 11.5 Å². The molecule has 0 radical (unpaired) electrons. The van der Waals surface area contributed by atoms with Crippen molar-refractivity contribution in [2.24, 2.45) is 0 Å². The van der Waals surface area contributed by atoms with E-state index in [1.54, 1.807) is 36.7 Å². The minimum absolute atomic E-state index is 0.0911. The first-order valence-corrected chi connectivity index (χ1v) is 8.47. The van der Waals surface area contributed by atoms with Gasteiger partial charge in [-0.1, -0.05) is 18.2 Å². The van der Waals surface area contributed by atoms with Gasteiger partial charge in [0.15, 0.2) is 0 Å². The van der Waals surface area contributed by atoms with Crippen LogP contribution in [0.2, 0.25) is 0 Å². The maximum absolute atomic E-state index is 12.2. The van der Waals surface area contributed by atoms with E-state index in [0.717, 1.165) is 11.3 Å². The molecule has 3 rings (SSSR count). The summed E-state index contributed by atoms with van der Waals surface area (Å²) in [6, 6.07) is 19.8. The first-order chi connectivity index (χ1) is 13.2. The number of para-hydroxylation sites is 1. The molecule has 136 valence electrons. The molecule has 0 aliphatic rings. The van der Waals surface area contributed by atoms with Gasteiger partial charge in [0.05, 0.1) is 6.54 Å². The summed E-state index contributed by atoms with van der Waals surface area (Å²) in [5, 5.41) is 5.34. The topological polar surface area (TPSA) is 80.3 Å². The van der Waals surface area contributed by atoms with E-state index in [0.29, 0.717) is 17.9 Å². The number of nitrogens with one attached hydrogen (secondary N) is 2. The Morgan fingerprint density at radius 2 is 1.48 bits per heavy atom. The van der Waals surface area contributed by atoms with Crippen molar-refractivity contribution >= 4 is 11.8 Å².